The first-order chi connectivity index (χ1) is 2.00. The smallest absolute Gasteiger partial charge is 0.759 e. The molecule has 0 aromatic rings. The molecule has 0 atom stereocenters. The molecule has 0 radical (unpaired) electrons. The standard InChI is InChI=1S/Al.K.H2O4S.12H2O/c;;1-5(2,3)4;;;;;;;;;;;;/h;;(H2,1,2,3,4);12*1H2/q+3;+1;;;;;;;;;;;;;/p-2. The van der Waals surface area contributed by atoms with E-state index in [1.54, 1.807) is 0 Å². The average Bonchev–Trinajstić information content (AvgIpc) is 0.722. The van der Waals surface area contributed by atoms with Crippen molar-refractivity contribution in [3.8, 4) is 0 Å². The van der Waals surface area contributed by atoms with E-state index in [1.165, 1.54) is 0 Å². The molecule has 0 saturated carbocycles. The largest absolute Gasteiger partial charge is 3.00 e. The molecule has 0 rings (SSSR count). The van der Waals surface area contributed by atoms with Crippen LogP contribution in [0.25, 0.3) is 0 Å². The third-order valence-electron chi connectivity index (χ3n) is 0. The molecule has 0 fully saturated rings. The Labute approximate surface area is 161 Å². The maximum atomic E-state index is 8.52. The Bertz CT molecular complexity index is 99.9. The second-order valence-corrected chi connectivity index (χ2v) is 1.22. The van der Waals surface area contributed by atoms with Crippen LogP contribution in [0.4, 0.5) is 0 Å². The third-order valence-corrected chi connectivity index (χ3v) is 0. The maximum absolute atomic E-state index is 8.52. The van der Waals surface area contributed by atoms with Gasteiger partial charge in [0.25, 0.3) is 0 Å². The molecule has 0 aliphatic rings. The molecule has 16 nitrogen and oxygen atoms in total. The van der Waals surface area contributed by atoms with E-state index >= 15 is 0 Å². The summed E-state index contributed by atoms with van der Waals surface area (Å²) >= 11 is 0. The predicted molar refractivity (Wildman–Crippen MR) is 59.6 cm³/mol. The minimum absolute atomic E-state index is 0. The molecule has 0 saturated heterocycles. The van der Waals surface area contributed by atoms with Crippen LogP contribution in [-0.2, 0) is 10.4 Å². The van der Waals surface area contributed by atoms with Gasteiger partial charge in [0.2, 0.25) is 0 Å². The van der Waals surface area contributed by atoms with Crippen LogP contribution in [-0.4, -0.2) is 101 Å². The molecule has 0 aromatic carbocycles. The van der Waals surface area contributed by atoms with Gasteiger partial charge in [-0.3, -0.25) is 8.42 Å². The summed E-state index contributed by atoms with van der Waals surface area (Å²) in [5, 5.41) is 0. The minimum atomic E-state index is -5.17. The number of hydrogen-bond donors (Lipinski definition) is 0. The fourth-order valence-electron chi connectivity index (χ4n) is 0. The van der Waals surface area contributed by atoms with Crippen LogP contribution in [0.3, 0.4) is 0 Å². The first-order valence-corrected chi connectivity index (χ1v) is 2.00. The van der Waals surface area contributed by atoms with Crippen LogP contribution in [0.2, 0.25) is 0 Å². The van der Waals surface area contributed by atoms with Crippen molar-refractivity contribution in [1.29, 1.82) is 0 Å². The molecule has 0 aliphatic carbocycles. The van der Waals surface area contributed by atoms with E-state index in [1.807, 2.05) is 0 Å². The molecule has 0 unspecified atom stereocenters. The molecular formula is H24AlKO16S+2. The topological polar surface area (TPSA) is 458 Å². The third kappa shape index (κ3) is 2480. The summed E-state index contributed by atoms with van der Waals surface area (Å²) < 4.78 is 34.1. The van der Waals surface area contributed by atoms with E-state index in [0.29, 0.717) is 0 Å². The quantitative estimate of drug-likeness (QED) is 0.225. The van der Waals surface area contributed by atoms with Gasteiger partial charge < -0.3 is 74.8 Å². The predicted octanol–water partition coefficient (Wildman–Crippen LogP) is -14.6. The molecule has 19 heavy (non-hydrogen) atoms. The van der Waals surface area contributed by atoms with Crippen LogP contribution in [0.5, 0.6) is 0 Å². The molecule has 0 aliphatic heterocycles. The molecule has 0 bridgehead atoms. The zero-order chi connectivity index (χ0) is 4.50. The Morgan fingerprint density at radius 3 is 0.474 bits per heavy atom. The summed E-state index contributed by atoms with van der Waals surface area (Å²) in [6.07, 6.45) is 0. The van der Waals surface area contributed by atoms with E-state index < -0.39 is 10.4 Å². The van der Waals surface area contributed by atoms with Gasteiger partial charge in [0.05, 0.1) is 0 Å². The van der Waals surface area contributed by atoms with Crippen molar-refractivity contribution in [3.05, 3.63) is 0 Å². The zero-order valence-electron chi connectivity index (χ0n) is 9.62. The van der Waals surface area contributed by atoms with Gasteiger partial charge in [0.15, 0.2) is 0 Å². The van der Waals surface area contributed by atoms with Gasteiger partial charge in [0.1, 0.15) is 0 Å². The Kier molecular flexibility index (Phi) is 1580. The molecule has 24 N–H and O–H groups in total. The van der Waals surface area contributed by atoms with Crippen molar-refractivity contribution < 1.29 is 135 Å². The van der Waals surface area contributed by atoms with Gasteiger partial charge in [-0.05, 0) is 0 Å². The van der Waals surface area contributed by atoms with Gasteiger partial charge in [-0.2, -0.15) is 0 Å². The minimum Gasteiger partial charge on any atom is -0.759 e. The van der Waals surface area contributed by atoms with Crippen LogP contribution in [0.1, 0.15) is 0 Å². The van der Waals surface area contributed by atoms with Crippen molar-refractivity contribution in [1.82, 2.24) is 0 Å². The monoisotopic (exact) mass is 378 g/mol. The molecule has 128 valence electrons. The number of hydrogen-bond acceptors (Lipinski definition) is 4. The Balaban J connectivity index is -0.000000000879. The molecular weight excluding hydrogens is 354 g/mol. The normalized spacial score (nSPS) is 3.05. The molecule has 0 heterocycles. The van der Waals surface area contributed by atoms with Crippen molar-refractivity contribution in [2.45, 2.75) is 0 Å². The van der Waals surface area contributed by atoms with Gasteiger partial charge in [-0.15, -0.1) is 0 Å². The first kappa shape index (κ1) is 255. The van der Waals surface area contributed by atoms with Gasteiger partial charge in [-0.25, -0.2) is 0 Å². The summed E-state index contributed by atoms with van der Waals surface area (Å²) in [7, 11) is -5.17. The summed E-state index contributed by atoms with van der Waals surface area (Å²) in [5.41, 5.74) is 0. The molecule has 0 aromatic heterocycles. The van der Waals surface area contributed by atoms with Crippen molar-refractivity contribution >= 4 is 27.8 Å². The molecule has 19 heteroatoms. The van der Waals surface area contributed by atoms with Crippen LogP contribution in [0, 0.1) is 0 Å². The van der Waals surface area contributed by atoms with E-state index in [0.717, 1.165) is 0 Å². The maximum Gasteiger partial charge on any atom is 3.00 e. The van der Waals surface area contributed by atoms with E-state index in [9.17, 15) is 0 Å². The fourth-order valence-corrected chi connectivity index (χ4v) is 0. The van der Waals surface area contributed by atoms with Gasteiger partial charge in [0, 0.05) is 10.4 Å². The second-order valence-electron chi connectivity index (χ2n) is 0.408. The van der Waals surface area contributed by atoms with E-state index in [2.05, 4.69) is 0 Å². The Morgan fingerprint density at radius 1 is 0.474 bits per heavy atom. The number of rotatable bonds is 0. The zero-order valence-corrected chi connectivity index (χ0v) is 14.7. The molecule has 0 amide bonds. The van der Waals surface area contributed by atoms with Crippen molar-refractivity contribution in [2.75, 3.05) is 0 Å². The second kappa shape index (κ2) is 118. The average molecular weight is 378 g/mol. The first-order valence-electron chi connectivity index (χ1n) is 0.667. The Morgan fingerprint density at radius 2 is 0.474 bits per heavy atom. The molecule has 0 spiro atoms. The van der Waals surface area contributed by atoms with Crippen LogP contribution >= 0.6 is 0 Å². The Hall–Kier alpha value is 1.56. The van der Waals surface area contributed by atoms with E-state index in [4.69, 9.17) is 17.5 Å². The SMILES string of the molecule is O.O.O.O.O.O.O.O.O.O.O.O.O=S(=O)([O-])[O-].[Al+3].[K+]. The van der Waals surface area contributed by atoms with Crippen LogP contribution in [0.15, 0.2) is 0 Å². The van der Waals surface area contributed by atoms with Gasteiger partial charge >= 0.3 is 68.7 Å². The van der Waals surface area contributed by atoms with E-state index in [-0.39, 0.29) is 134 Å². The van der Waals surface area contributed by atoms with Crippen molar-refractivity contribution in [2.24, 2.45) is 0 Å². The summed E-state index contributed by atoms with van der Waals surface area (Å²) in [6.45, 7) is 0. The van der Waals surface area contributed by atoms with Gasteiger partial charge in [-0.1, -0.05) is 0 Å². The summed E-state index contributed by atoms with van der Waals surface area (Å²) in [4.78, 5) is 0. The summed E-state index contributed by atoms with van der Waals surface area (Å²) in [5.74, 6) is 0. The van der Waals surface area contributed by atoms with Crippen LogP contribution < -0.4 is 51.4 Å². The fraction of sp³-hybridized carbons (Fsp3) is 0. The van der Waals surface area contributed by atoms with Crippen molar-refractivity contribution in [3.63, 3.8) is 0 Å². The summed E-state index contributed by atoms with van der Waals surface area (Å²) in [6, 6.07) is 0.